The molecule has 13 heavy (non-hydrogen) atoms. The molecule has 0 aromatic heterocycles. The molecule has 3 heteroatoms. The second-order valence-electron chi connectivity index (χ2n) is 4.27. The zero-order chi connectivity index (χ0) is 10.1. The number of sulfone groups is 1. The zero-order valence-electron chi connectivity index (χ0n) is 8.79. The molecule has 0 aliphatic carbocycles. The van der Waals surface area contributed by atoms with Gasteiger partial charge < -0.3 is 0 Å². The van der Waals surface area contributed by atoms with Gasteiger partial charge in [0, 0.05) is 0 Å². The van der Waals surface area contributed by atoms with E-state index in [1.54, 1.807) is 0 Å². The van der Waals surface area contributed by atoms with Crippen molar-refractivity contribution in [1.82, 2.24) is 0 Å². The molecular formula is C10H20O2S. The molecular weight excluding hydrogens is 184 g/mol. The van der Waals surface area contributed by atoms with Crippen molar-refractivity contribution in [3.05, 3.63) is 0 Å². The van der Waals surface area contributed by atoms with Gasteiger partial charge in [0.25, 0.3) is 0 Å². The van der Waals surface area contributed by atoms with Gasteiger partial charge >= 0.3 is 0 Å². The molecule has 0 spiro atoms. The molecule has 0 aromatic rings. The van der Waals surface area contributed by atoms with E-state index in [0.717, 1.165) is 25.7 Å². The maximum absolute atomic E-state index is 11.8. The summed E-state index contributed by atoms with van der Waals surface area (Å²) in [5.41, 5.74) is 0. The van der Waals surface area contributed by atoms with Gasteiger partial charge in [0.2, 0.25) is 0 Å². The van der Waals surface area contributed by atoms with Crippen molar-refractivity contribution in [3.63, 3.8) is 0 Å². The molecule has 2 nitrogen and oxygen atoms in total. The van der Waals surface area contributed by atoms with Gasteiger partial charge in [0.15, 0.2) is 9.84 Å². The number of rotatable bonds is 3. The van der Waals surface area contributed by atoms with Crippen molar-refractivity contribution in [2.75, 3.05) is 0 Å². The van der Waals surface area contributed by atoms with E-state index in [0.29, 0.717) is 5.92 Å². The number of hydrogen-bond acceptors (Lipinski definition) is 2. The van der Waals surface area contributed by atoms with Gasteiger partial charge in [-0.1, -0.05) is 26.7 Å². The largest absolute Gasteiger partial charge is 0.228 e. The van der Waals surface area contributed by atoms with Crippen LogP contribution in [0.1, 0.15) is 46.5 Å². The van der Waals surface area contributed by atoms with Crippen LogP contribution in [0.2, 0.25) is 0 Å². The molecule has 1 heterocycles. The van der Waals surface area contributed by atoms with Crippen molar-refractivity contribution in [2.24, 2.45) is 5.92 Å². The molecule has 0 amide bonds. The second kappa shape index (κ2) is 3.99. The quantitative estimate of drug-likeness (QED) is 0.707. The summed E-state index contributed by atoms with van der Waals surface area (Å²) in [4.78, 5) is 0. The highest BCUT2D eigenvalue weighted by Gasteiger charge is 2.41. The highest BCUT2D eigenvalue weighted by molar-refractivity contribution is 7.92. The summed E-state index contributed by atoms with van der Waals surface area (Å²) in [5.74, 6) is 0.354. The van der Waals surface area contributed by atoms with Gasteiger partial charge in [0.05, 0.1) is 10.5 Å². The van der Waals surface area contributed by atoms with E-state index < -0.39 is 9.84 Å². The molecule has 1 aliphatic heterocycles. The Kier molecular flexibility index (Phi) is 3.38. The maximum atomic E-state index is 11.8. The van der Waals surface area contributed by atoms with Gasteiger partial charge in [-0.25, -0.2) is 8.42 Å². The SMILES string of the molecule is CCCCC1CC(C)C(C)S1(=O)=O. The Hall–Kier alpha value is -0.0500. The van der Waals surface area contributed by atoms with Gasteiger partial charge in [-0.05, 0) is 25.7 Å². The van der Waals surface area contributed by atoms with E-state index in [1.165, 1.54) is 0 Å². The van der Waals surface area contributed by atoms with Crippen LogP contribution in [0.5, 0.6) is 0 Å². The lowest BCUT2D eigenvalue weighted by Gasteiger charge is -2.09. The Bertz CT molecular complexity index is 256. The Morgan fingerprint density at radius 2 is 1.92 bits per heavy atom. The molecule has 78 valence electrons. The Morgan fingerprint density at radius 1 is 1.31 bits per heavy atom. The molecule has 0 bridgehead atoms. The van der Waals surface area contributed by atoms with Crippen LogP contribution in [-0.4, -0.2) is 18.9 Å². The van der Waals surface area contributed by atoms with E-state index in [1.807, 2.05) is 13.8 Å². The standard InChI is InChI=1S/C10H20O2S/c1-4-5-6-10-7-8(2)9(3)13(10,11)12/h8-10H,4-7H2,1-3H3. The molecule has 3 unspecified atom stereocenters. The predicted molar refractivity (Wildman–Crippen MR) is 55.5 cm³/mol. The van der Waals surface area contributed by atoms with Crippen LogP contribution in [-0.2, 0) is 9.84 Å². The summed E-state index contributed by atoms with van der Waals surface area (Å²) >= 11 is 0. The minimum Gasteiger partial charge on any atom is -0.228 e. The van der Waals surface area contributed by atoms with Gasteiger partial charge in [-0.2, -0.15) is 0 Å². The fourth-order valence-electron chi connectivity index (χ4n) is 2.08. The van der Waals surface area contributed by atoms with Crippen molar-refractivity contribution in [3.8, 4) is 0 Å². The van der Waals surface area contributed by atoms with E-state index >= 15 is 0 Å². The average Bonchev–Trinajstić information content (AvgIpc) is 2.26. The van der Waals surface area contributed by atoms with E-state index in [9.17, 15) is 8.42 Å². The lowest BCUT2D eigenvalue weighted by molar-refractivity contribution is 0.531. The summed E-state index contributed by atoms with van der Waals surface area (Å²) in [6.07, 6.45) is 3.88. The first-order valence-corrected chi connectivity index (χ1v) is 6.83. The normalized spacial score (nSPS) is 37.9. The maximum Gasteiger partial charge on any atom is 0.156 e. The molecule has 0 aromatic carbocycles. The molecule has 1 fully saturated rings. The van der Waals surface area contributed by atoms with Gasteiger partial charge in [-0.15, -0.1) is 0 Å². The summed E-state index contributed by atoms with van der Waals surface area (Å²) in [7, 11) is -2.79. The minimum atomic E-state index is -2.79. The molecule has 0 saturated carbocycles. The third-order valence-corrected chi connectivity index (χ3v) is 6.16. The van der Waals surface area contributed by atoms with Crippen LogP contribution in [0.15, 0.2) is 0 Å². The van der Waals surface area contributed by atoms with Crippen LogP contribution >= 0.6 is 0 Å². The molecule has 1 saturated heterocycles. The molecule has 1 aliphatic rings. The Morgan fingerprint density at radius 3 is 2.31 bits per heavy atom. The first kappa shape index (κ1) is 11.0. The van der Waals surface area contributed by atoms with Crippen molar-refractivity contribution in [2.45, 2.75) is 57.0 Å². The molecule has 0 radical (unpaired) electrons. The lowest BCUT2D eigenvalue weighted by atomic mass is 10.0. The van der Waals surface area contributed by atoms with Gasteiger partial charge in [-0.3, -0.25) is 0 Å². The highest BCUT2D eigenvalue weighted by atomic mass is 32.2. The van der Waals surface area contributed by atoms with Crippen LogP contribution in [0.3, 0.4) is 0 Å². The highest BCUT2D eigenvalue weighted by Crippen LogP contribution is 2.34. The van der Waals surface area contributed by atoms with Crippen LogP contribution in [0.4, 0.5) is 0 Å². The van der Waals surface area contributed by atoms with Crippen LogP contribution in [0, 0.1) is 5.92 Å². The van der Waals surface area contributed by atoms with Crippen molar-refractivity contribution in [1.29, 1.82) is 0 Å². The third kappa shape index (κ3) is 2.06. The Labute approximate surface area is 81.6 Å². The number of hydrogen-bond donors (Lipinski definition) is 0. The van der Waals surface area contributed by atoms with E-state index in [-0.39, 0.29) is 10.5 Å². The summed E-state index contributed by atoms with van der Waals surface area (Å²) < 4.78 is 23.6. The topological polar surface area (TPSA) is 34.1 Å². The van der Waals surface area contributed by atoms with Gasteiger partial charge in [0.1, 0.15) is 0 Å². The molecule has 3 atom stereocenters. The van der Waals surface area contributed by atoms with Crippen LogP contribution in [0.25, 0.3) is 0 Å². The Balaban J connectivity index is 2.68. The second-order valence-corrected chi connectivity index (χ2v) is 6.86. The zero-order valence-corrected chi connectivity index (χ0v) is 9.60. The molecule has 1 rings (SSSR count). The molecule has 0 N–H and O–H groups in total. The average molecular weight is 204 g/mol. The third-order valence-electron chi connectivity index (χ3n) is 3.30. The minimum absolute atomic E-state index is 0.0440. The van der Waals surface area contributed by atoms with Crippen molar-refractivity contribution >= 4 is 9.84 Å². The van der Waals surface area contributed by atoms with E-state index in [4.69, 9.17) is 0 Å². The fraction of sp³-hybridized carbons (Fsp3) is 1.00. The summed E-state index contributed by atoms with van der Waals surface area (Å²) in [5, 5.41) is -0.160. The first-order valence-electron chi connectivity index (χ1n) is 5.22. The predicted octanol–water partition coefficient (Wildman–Crippen LogP) is 2.39. The smallest absolute Gasteiger partial charge is 0.156 e. The fourth-order valence-corrected chi connectivity index (χ4v) is 4.51. The number of unbranched alkanes of at least 4 members (excludes halogenated alkanes) is 1. The summed E-state index contributed by atoms with van der Waals surface area (Å²) in [6.45, 7) is 6.01. The first-order chi connectivity index (χ1) is 6.00. The van der Waals surface area contributed by atoms with E-state index in [2.05, 4.69) is 6.92 Å². The summed E-state index contributed by atoms with van der Waals surface area (Å²) in [6, 6.07) is 0. The van der Waals surface area contributed by atoms with Crippen LogP contribution < -0.4 is 0 Å². The monoisotopic (exact) mass is 204 g/mol. The van der Waals surface area contributed by atoms with Crippen molar-refractivity contribution < 1.29 is 8.42 Å². The lowest BCUT2D eigenvalue weighted by Crippen LogP contribution is -2.21.